The van der Waals surface area contributed by atoms with Gasteiger partial charge in [0.1, 0.15) is 11.9 Å². The molecule has 1 aromatic heterocycles. The van der Waals surface area contributed by atoms with Gasteiger partial charge in [0.15, 0.2) is 0 Å². The number of amides is 1. The van der Waals surface area contributed by atoms with Gasteiger partial charge < -0.3 is 16.8 Å². The summed E-state index contributed by atoms with van der Waals surface area (Å²) in [5.41, 5.74) is 12.8. The Morgan fingerprint density at radius 3 is 2.22 bits per heavy atom. The Balaban J connectivity index is 3.07. The SMILES string of the molecule is CC(C)c1nn(C)c(NC(C(N)=O)C(C)C)c1N. The van der Waals surface area contributed by atoms with E-state index in [0.29, 0.717) is 11.5 Å². The second-order valence-electron chi connectivity index (χ2n) is 5.19. The number of aromatic nitrogens is 2. The van der Waals surface area contributed by atoms with Crippen molar-refractivity contribution in [2.24, 2.45) is 18.7 Å². The van der Waals surface area contributed by atoms with E-state index in [2.05, 4.69) is 10.4 Å². The number of nitrogens with two attached hydrogens (primary N) is 2. The van der Waals surface area contributed by atoms with Crippen LogP contribution in [-0.2, 0) is 11.8 Å². The molecule has 0 radical (unpaired) electrons. The number of nitrogens with zero attached hydrogens (tertiary/aromatic N) is 2. The molecule has 0 aliphatic heterocycles. The molecule has 0 aromatic carbocycles. The summed E-state index contributed by atoms with van der Waals surface area (Å²) in [7, 11) is 1.79. The lowest BCUT2D eigenvalue weighted by molar-refractivity contribution is -0.119. The molecule has 0 saturated carbocycles. The normalized spacial score (nSPS) is 13.1. The number of carbonyl (C=O) groups excluding carboxylic acids is 1. The Bertz CT molecular complexity index is 436. The van der Waals surface area contributed by atoms with Crippen LogP contribution in [0.1, 0.15) is 39.3 Å². The van der Waals surface area contributed by atoms with Gasteiger partial charge in [-0.15, -0.1) is 0 Å². The van der Waals surface area contributed by atoms with Gasteiger partial charge in [-0.1, -0.05) is 27.7 Å². The number of nitrogen functional groups attached to an aromatic ring is 1. The van der Waals surface area contributed by atoms with Gasteiger partial charge in [0.2, 0.25) is 5.91 Å². The van der Waals surface area contributed by atoms with Crippen LogP contribution in [0.3, 0.4) is 0 Å². The van der Waals surface area contributed by atoms with Crippen molar-refractivity contribution in [3.8, 4) is 0 Å². The largest absolute Gasteiger partial charge is 0.394 e. The lowest BCUT2D eigenvalue weighted by atomic mass is 10.0. The summed E-state index contributed by atoms with van der Waals surface area (Å²) in [4.78, 5) is 11.4. The zero-order valence-corrected chi connectivity index (χ0v) is 11.7. The molecule has 6 heteroatoms. The zero-order chi connectivity index (χ0) is 14.0. The van der Waals surface area contributed by atoms with Crippen LogP contribution in [0.25, 0.3) is 0 Å². The standard InChI is InChI=1S/C12H23N5O/c1-6(2)9-8(13)12(17(5)16-9)15-10(7(3)4)11(14)18/h6-7,10,15H,13H2,1-5H3,(H2,14,18). The number of primary amides is 1. The van der Waals surface area contributed by atoms with Crippen molar-refractivity contribution in [3.05, 3.63) is 5.69 Å². The minimum atomic E-state index is -0.456. The average molecular weight is 253 g/mol. The van der Waals surface area contributed by atoms with E-state index in [1.165, 1.54) is 0 Å². The quantitative estimate of drug-likeness (QED) is 0.730. The Kier molecular flexibility index (Phi) is 4.21. The van der Waals surface area contributed by atoms with Gasteiger partial charge in [-0.25, -0.2) is 0 Å². The molecule has 5 N–H and O–H groups in total. The maximum atomic E-state index is 11.4. The number of carbonyl (C=O) groups is 1. The highest BCUT2D eigenvalue weighted by atomic mass is 16.1. The van der Waals surface area contributed by atoms with Gasteiger partial charge in [0.05, 0.1) is 11.4 Å². The number of anilines is 2. The Morgan fingerprint density at radius 1 is 1.33 bits per heavy atom. The molecule has 1 amide bonds. The molecule has 6 nitrogen and oxygen atoms in total. The van der Waals surface area contributed by atoms with Crippen molar-refractivity contribution >= 4 is 17.4 Å². The highest BCUT2D eigenvalue weighted by Gasteiger charge is 2.23. The second-order valence-corrected chi connectivity index (χ2v) is 5.19. The Labute approximate surface area is 108 Å². The molecule has 0 spiro atoms. The maximum Gasteiger partial charge on any atom is 0.240 e. The zero-order valence-electron chi connectivity index (χ0n) is 11.7. The van der Waals surface area contributed by atoms with Crippen molar-refractivity contribution in [2.75, 3.05) is 11.1 Å². The molecule has 1 heterocycles. The molecular weight excluding hydrogens is 230 g/mol. The first-order valence-corrected chi connectivity index (χ1v) is 6.13. The van der Waals surface area contributed by atoms with Crippen molar-refractivity contribution in [1.29, 1.82) is 0 Å². The summed E-state index contributed by atoms with van der Waals surface area (Å²) in [5.74, 6) is 0.574. The third-order valence-corrected chi connectivity index (χ3v) is 2.92. The number of hydrogen-bond acceptors (Lipinski definition) is 4. The van der Waals surface area contributed by atoms with Gasteiger partial charge in [-0.3, -0.25) is 9.48 Å². The highest BCUT2D eigenvalue weighted by molar-refractivity contribution is 5.84. The first-order valence-electron chi connectivity index (χ1n) is 6.13. The molecule has 0 aliphatic rings. The van der Waals surface area contributed by atoms with Crippen LogP contribution in [0.2, 0.25) is 0 Å². The van der Waals surface area contributed by atoms with Crippen LogP contribution >= 0.6 is 0 Å². The summed E-state index contributed by atoms with van der Waals surface area (Å²) >= 11 is 0. The number of rotatable bonds is 5. The summed E-state index contributed by atoms with van der Waals surface area (Å²) in [6.45, 7) is 7.91. The molecule has 102 valence electrons. The first-order chi connectivity index (χ1) is 8.25. The van der Waals surface area contributed by atoms with Gasteiger partial charge in [0.25, 0.3) is 0 Å². The van der Waals surface area contributed by atoms with Crippen LogP contribution in [-0.4, -0.2) is 21.7 Å². The molecule has 18 heavy (non-hydrogen) atoms. The summed E-state index contributed by atoms with van der Waals surface area (Å²) in [5, 5.41) is 7.45. The van der Waals surface area contributed by atoms with Gasteiger partial charge in [0, 0.05) is 7.05 Å². The predicted molar refractivity (Wildman–Crippen MR) is 73.2 cm³/mol. The fraction of sp³-hybridized carbons (Fsp3) is 0.667. The molecule has 0 bridgehead atoms. The summed E-state index contributed by atoms with van der Waals surface area (Å²) < 4.78 is 1.66. The molecular formula is C12H23N5O. The van der Waals surface area contributed by atoms with Crippen LogP contribution < -0.4 is 16.8 Å². The monoisotopic (exact) mass is 253 g/mol. The van der Waals surface area contributed by atoms with Gasteiger partial charge >= 0.3 is 0 Å². The Morgan fingerprint density at radius 2 is 1.89 bits per heavy atom. The molecule has 0 saturated heterocycles. The van der Waals surface area contributed by atoms with E-state index in [1.807, 2.05) is 27.7 Å². The van der Waals surface area contributed by atoms with E-state index in [0.717, 1.165) is 5.69 Å². The van der Waals surface area contributed by atoms with E-state index in [4.69, 9.17) is 11.5 Å². The van der Waals surface area contributed by atoms with Crippen molar-refractivity contribution < 1.29 is 4.79 Å². The second kappa shape index (κ2) is 5.29. The smallest absolute Gasteiger partial charge is 0.240 e. The number of aryl methyl sites for hydroxylation is 1. The molecule has 1 unspecified atom stereocenters. The van der Waals surface area contributed by atoms with E-state index in [9.17, 15) is 4.79 Å². The lowest BCUT2D eigenvalue weighted by Crippen LogP contribution is -2.40. The van der Waals surface area contributed by atoms with Crippen LogP contribution in [0.15, 0.2) is 0 Å². The van der Waals surface area contributed by atoms with E-state index < -0.39 is 11.9 Å². The predicted octanol–water partition coefficient (Wildman–Crippen LogP) is 1.05. The van der Waals surface area contributed by atoms with Crippen molar-refractivity contribution in [3.63, 3.8) is 0 Å². The molecule has 0 fully saturated rings. The van der Waals surface area contributed by atoms with E-state index in [-0.39, 0.29) is 11.8 Å². The molecule has 0 aliphatic carbocycles. The highest BCUT2D eigenvalue weighted by Crippen LogP contribution is 2.28. The first kappa shape index (κ1) is 14.3. The van der Waals surface area contributed by atoms with Crippen molar-refractivity contribution in [2.45, 2.75) is 39.7 Å². The maximum absolute atomic E-state index is 11.4. The van der Waals surface area contributed by atoms with Crippen molar-refractivity contribution in [1.82, 2.24) is 9.78 Å². The lowest BCUT2D eigenvalue weighted by Gasteiger charge is -2.20. The third kappa shape index (κ3) is 2.75. The Hall–Kier alpha value is -1.72. The minimum absolute atomic E-state index is 0.0827. The van der Waals surface area contributed by atoms with Gasteiger partial charge in [-0.2, -0.15) is 5.10 Å². The minimum Gasteiger partial charge on any atom is -0.394 e. The van der Waals surface area contributed by atoms with Crippen LogP contribution in [0.5, 0.6) is 0 Å². The summed E-state index contributed by atoms with van der Waals surface area (Å²) in [6.07, 6.45) is 0. The topological polar surface area (TPSA) is 99.0 Å². The van der Waals surface area contributed by atoms with E-state index >= 15 is 0 Å². The van der Waals surface area contributed by atoms with E-state index in [1.54, 1.807) is 11.7 Å². The fourth-order valence-electron chi connectivity index (χ4n) is 1.87. The number of nitrogens with one attached hydrogen (secondary N) is 1. The summed E-state index contributed by atoms with van der Waals surface area (Å²) in [6, 6.07) is -0.456. The third-order valence-electron chi connectivity index (χ3n) is 2.92. The van der Waals surface area contributed by atoms with Crippen LogP contribution in [0.4, 0.5) is 11.5 Å². The fourth-order valence-corrected chi connectivity index (χ4v) is 1.87. The molecule has 1 rings (SSSR count). The molecule has 1 aromatic rings. The van der Waals surface area contributed by atoms with Crippen LogP contribution in [0, 0.1) is 5.92 Å². The molecule has 1 atom stereocenters. The number of hydrogen-bond donors (Lipinski definition) is 3. The average Bonchev–Trinajstić information content (AvgIpc) is 2.50. The van der Waals surface area contributed by atoms with Gasteiger partial charge in [-0.05, 0) is 11.8 Å².